The number of ether oxygens (including phenoxy) is 2. The van der Waals surface area contributed by atoms with Crippen LogP contribution in [-0.2, 0) is 9.47 Å². The van der Waals surface area contributed by atoms with E-state index in [2.05, 4.69) is 4.98 Å². The Kier molecular flexibility index (Phi) is 4.64. The van der Waals surface area contributed by atoms with Crippen molar-refractivity contribution in [3.05, 3.63) is 29.6 Å². The van der Waals surface area contributed by atoms with Gasteiger partial charge in [0.15, 0.2) is 6.29 Å². The van der Waals surface area contributed by atoms with E-state index in [1.165, 1.54) is 6.20 Å². The zero-order chi connectivity index (χ0) is 17.3. The fraction of sp³-hybridized carbons (Fsp3) is 0.600. The molecular weight excluding hydrogens is 329 g/mol. The number of carbonyl (C=O) groups is 1. The second kappa shape index (κ2) is 6.56. The molecular formula is C15H17F3N2O4. The first-order valence-corrected chi connectivity index (χ1v) is 7.62. The maximum atomic E-state index is 13.1. The zero-order valence-corrected chi connectivity index (χ0v) is 12.7. The van der Waals surface area contributed by atoms with Crippen molar-refractivity contribution in [2.45, 2.75) is 31.3 Å². The van der Waals surface area contributed by atoms with Crippen LogP contribution in [0.1, 0.15) is 36.4 Å². The van der Waals surface area contributed by atoms with Crippen molar-refractivity contribution in [2.75, 3.05) is 19.8 Å². The summed E-state index contributed by atoms with van der Waals surface area (Å²) in [5, 5.41) is 9.37. The normalized spacial score (nSPS) is 25.9. The van der Waals surface area contributed by atoms with Gasteiger partial charge in [0, 0.05) is 18.3 Å². The van der Waals surface area contributed by atoms with Gasteiger partial charge in [-0.3, -0.25) is 9.88 Å². The SMILES string of the molecule is O=C(O)N1CC[C@@H](C(F)(F)F)C[C@@H]1c1ncccc1C1OCCO1. The minimum atomic E-state index is -4.36. The van der Waals surface area contributed by atoms with Crippen LogP contribution in [0.3, 0.4) is 0 Å². The molecule has 0 radical (unpaired) electrons. The minimum absolute atomic E-state index is 0.188. The third-order valence-corrected chi connectivity index (χ3v) is 4.37. The molecule has 2 atom stereocenters. The maximum absolute atomic E-state index is 13.1. The second-order valence-electron chi connectivity index (χ2n) is 5.81. The van der Waals surface area contributed by atoms with Gasteiger partial charge in [-0.2, -0.15) is 13.2 Å². The summed E-state index contributed by atoms with van der Waals surface area (Å²) in [6, 6.07) is 2.29. The Bertz CT molecular complexity index is 605. The van der Waals surface area contributed by atoms with Crippen LogP contribution in [0.25, 0.3) is 0 Å². The number of aromatic nitrogens is 1. The van der Waals surface area contributed by atoms with E-state index in [0.29, 0.717) is 18.8 Å². The van der Waals surface area contributed by atoms with Crippen molar-refractivity contribution in [1.82, 2.24) is 9.88 Å². The first kappa shape index (κ1) is 17.0. The van der Waals surface area contributed by atoms with Crippen LogP contribution in [0.4, 0.5) is 18.0 Å². The number of alkyl halides is 3. The Morgan fingerprint density at radius 1 is 1.33 bits per heavy atom. The Balaban J connectivity index is 1.95. The number of likely N-dealkylation sites (tertiary alicyclic amines) is 1. The number of nitrogens with zero attached hydrogens (tertiary/aromatic N) is 2. The maximum Gasteiger partial charge on any atom is 0.407 e. The molecule has 0 aromatic carbocycles. The molecule has 1 aromatic rings. The molecule has 3 rings (SSSR count). The second-order valence-corrected chi connectivity index (χ2v) is 5.81. The molecule has 9 heteroatoms. The molecule has 24 heavy (non-hydrogen) atoms. The molecule has 0 unspecified atom stereocenters. The van der Waals surface area contributed by atoms with Gasteiger partial charge in [-0.15, -0.1) is 0 Å². The highest BCUT2D eigenvalue weighted by Crippen LogP contribution is 2.43. The number of halogens is 3. The lowest BCUT2D eigenvalue weighted by Crippen LogP contribution is -2.44. The fourth-order valence-electron chi connectivity index (χ4n) is 3.20. The van der Waals surface area contributed by atoms with Crippen molar-refractivity contribution in [3.63, 3.8) is 0 Å². The Morgan fingerprint density at radius 3 is 2.67 bits per heavy atom. The van der Waals surface area contributed by atoms with Crippen molar-refractivity contribution >= 4 is 6.09 Å². The average Bonchev–Trinajstić information content (AvgIpc) is 3.07. The van der Waals surface area contributed by atoms with E-state index in [-0.39, 0.29) is 25.1 Å². The van der Waals surface area contributed by atoms with Crippen LogP contribution < -0.4 is 0 Å². The van der Waals surface area contributed by atoms with Gasteiger partial charge < -0.3 is 14.6 Å². The highest BCUT2D eigenvalue weighted by Gasteiger charge is 2.46. The molecule has 1 amide bonds. The van der Waals surface area contributed by atoms with Crippen molar-refractivity contribution in [3.8, 4) is 0 Å². The summed E-state index contributed by atoms with van der Waals surface area (Å²) in [5.74, 6) is -1.56. The lowest BCUT2D eigenvalue weighted by atomic mass is 9.87. The Morgan fingerprint density at radius 2 is 2.04 bits per heavy atom. The number of piperidine rings is 1. The zero-order valence-electron chi connectivity index (χ0n) is 12.7. The number of hydrogen-bond donors (Lipinski definition) is 1. The van der Waals surface area contributed by atoms with Gasteiger partial charge in [-0.25, -0.2) is 4.79 Å². The molecule has 1 N–H and O–H groups in total. The van der Waals surface area contributed by atoms with E-state index in [0.717, 1.165) is 4.90 Å². The molecule has 0 bridgehead atoms. The van der Waals surface area contributed by atoms with Gasteiger partial charge in [0.2, 0.25) is 0 Å². The molecule has 6 nitrogen and oxygen atoms in total. The van der Waals surface area contributed by atoms with Crippen molar-refractivity contribution in [1.29, 1.82) is 0 Å². The number of pyridine rings is 1. The van der Waals surface area contributed by atoms with Gasteiger partial charge in [0.1, 0.15) is 0 Å². The van der Waals surface area contributed by atoms with Crippen LogP contribution in [0, 0.1) is 5.92 Å². The van der Waals surface area contributed by atoms with E-state index in [1.807, 2.05) is 0 Å². The quantitative estimate of drug-likeness (QED) is 0.891. The number of amides is 1. The molecule has 2 saturated heterocycles. The molecule has 3 heterocycles. The van der Waals surface area contributed by atoms with Crippen LogP contribution in [0.2, 0.25) is 0 Å². The van der Waals surface area contributed by atoms with Gasteiger partial charge in [-0.1, -0.05) is 6.07 Å². The molecule has 1 aromatic heterocycles. The largest absolute Gasteiger partial charge is 0.465 e. The molecule has 0 saturated carbocycles. The number of carboxylic acid groups (broad SMARTS) is 1. The molecule has 2 fully saturated rings. The number of hydrogen-bond acceptors (Lipinski definition) is 4. The predicted molar refractivity (Wildman–Crippen MR) is 75.1 cm³/mol. The van der Waals surface area contributed by atoms with Gasteiger partial charge >= 0.3 is 12.3 Å². The molecule has 2 aliphatic heterocycles. The highest BCUT2D eigenvalue weighted by atomic mass is 19.4. The first-order valence-electron chi connectivity index (χ1n) is 7.62. The van der Waals surface area contributed by atoms with E-state index in [4.69, 9.17) is 9.47 Å². The first-order chi connectivity index (χ1) is 11.4. The smallest absolute Gasteiger partial charge is 0.407 e. The third-order valence-electron chi connectivity index (χ3n) is 4.37. The van der Waals surface area contributed by atoms with E-state index >= 15 is 0 Å². The minimum Gasteiger partial charge on any atom is -0.465 e. The van der Waals surface area contributed by atoms with E-state index in [9.17, 15) is 23.1 Å². The average molecular weight is 346 g/mol. The summed E-state index contributed by atoms with van der Waals surface area (Å²) in [4.78, 5) is 16.7. The third kappa shape index (κ3) is 3.32. The summed E-state index contributed by atoms with van der Waals surface area (Å²) in [6.07, 6.45) is -5.51. The molecule has 0 spiro atoms. The van der Waals surface area contributed by atoms with Crippen molar-refractivity contribution in [2.24, 2.45) is 5.92 Å². The summed E-state index contributed by atoms with van der Waals surface area (Å²) in [6.45, 7) is 0.557. The van der Waals surface area contributed by atoms with Crippen LogP contribution >= 0.6 is 0 Å². The molecule has 132 valence electrons. The molecule has 2 aliphatic rings. The van der Waals surface area contributed by atoms with Crippen LogP contribution in [0.5, 0.6) is 0 Å². The molecule has 0 aliphatic carbocycles. The van der Waals surface area contributed by atoms with Crippen LogP contribution in [0.15, 0.2) is 18.3 Å². The van der Waals surface area contributed by atoms with Crippen molar-refractivity contribution < 1.29 is 32.5 Å². The van der Waals surface area contributed by atoms with Gasteiger partial charge in [0.05, 0.1) is 30.9 Å². The topological polar surface area (TPSA) is 71.9 Å². The van der Waals surface area contributed by atoms with E-state index in [1.54, 1.807) is 12.1 Å². The summed E-state index contributed by atoms with van der Waals surface area (Å²) in [7, 11) is 0. The lowest BCUT2D eigenvalue weighted by Gasteiger charge is -2.38. The lowest BCUT2D eigenvalue weighted by molar-refractivity contribution is -0.189. The number of rotatable bonds is 2. The van der Waals surface area contributed by atoms with Gasteiger partial charge in [-0.05, 0) is 18.9 Å². The van der Waals surface area contributed by atoms with Gasteiger partial charge in [0.25, 0.3) is 0 Å². The standard InChI is InChI=1S/C15H17F3N2O4/c16-15(17,18)9-3-5-20(14(21)22)11(8-9)12-10(2-1-4-19-12)13-23-6-7-24-13/h1-2,4,9,11,13H,3,5-8H2,(H,21,22)/t9-,11-/m1/s1. The summed E-state index contributed by atoms with van der Waals surface area (Å²) < 4.78 is 50.2. The predicted octanol–water partition coefficient (Wildman–Crippen LogP) is 3.12. The summed E-state index contributed by atoms with van der Waals surface area (Å²) >= 11 is 0. The Labute approximate surface area is 136 Å². The fourth-order valence-corrected chi connectivity index (χ4v) is 3.20. The highest BCUT2D eigenvalue weighted by molar-refractivity contribution is 5.66. The Hall–Kier alpha value is -1.87. The van der Waals surface area contributed by atoms with Crippen LogP contribution in [-0.4, -0.2) is 47.0 Å². The van der Waals surface area contributed by atoms with E-state index < -0.39 is 30.5 Å². The summed E-state index contributed by atoms with van der Waals surface area (Å²) in [5.41, 5.74) is 0.745. The monoisotopic (exact) mass is 346 g/mol.